The first-order chi connectivity index (χ1) is 12.8. The van der Waals surface area contributed by atoms with E-state index in [2.05, 4.69) is 10.3 Å². The van der Waals surface area contributed by atoms with Gasteiger partial charge in [0.2, 0.25) is 0 Å². The number of hydrogen-bond donors (Lipinski definition) is 2. The minimum atomic E-state index is -1.31. The fourth-order valence-corrected chi connectivity index (χ4v) is 2.93. The van der Waals surface area contributed by atoms with Gasteiger partial charge in [-0.2, -0.15) is 5.26 Å². The summed E-state index contributed by atoms with van der Waals surface area (Å²) in [5.41, 5.74) is 0.536. The van der Waals surface area contributed by atoms with Gasteiger partial charge in [-0.3, -0.25) is 9.36 Å². The topological polar surface area (TPSA) is 108 Å². The highest BCUT2D eigenvalue weighted by Crippen LogP contribution is 2.22. The highest BCUT2D eigenvalue weighted by Gasteiger charge is 2.21. The molecule has 1 heterocycles. The minimum absolute atomic E-state index is 0.0227. The zero-order valence-electron chi connectivity index (χ0n) is 14.5. The first kappa shape index (κ1) is 18.1. The Labute approximate surface area is 153 Å². The van der Waals surface area contributed by atoms with Crippen LogP contribution in [0.4, 0.5) is 9.18 Å². The lowest BCUT2D eigenvalue weighted by Crippen LogP contribution is -2.32. The van der Waals surface area contributed by atoms with Crippen LogP contribution < -0.4 is 10.9 Å². The van der Waals surface area contributed by atoms with Gasteiger partial charge in [0.1, 0.15) is 17.2 Å². The Morgan fingerprint density at radius 1 is 1.37 bits per heavy atom. The highest BCUT2D eigenvalue weighted by molar-refractivity contribution is 5.82. The SMILES string of the molecule is Cc1ccc(F)c2nc(C(C)NC(=O)O)n(-c3cccc(C#N)c3)c(=O)c12. The molecule has 2 aromatic carbocycles. The van der Waals surface area contributed by atoms with E-state index in [0.717, 1.165) is 0 Å². The summed E-state index contributed by atoms with van der Waals surface area (Å²) in [6.07, 6.45) is -1.31. The number of hydrogen-bond acceptors (Lipinski definition) is 4. The Kier molecular flexibility index (Phi) is 4.60. The summed E-state index contributed by atoms with van der Waals surface area (Å²) in [5.74, 6) is -0.649. The van der Waals surface area contributed by atoms with Crippen LogP contribution in [-0.2, 0) is 0 Å². The van der Waals surface area contributed by atoms with Crippen molar-refractivity contribution in [3.8, 4) is 11.8 Å². The fraction of sp³-hybridized carbons (Fsp3) is 0.158. The minimum Gasteiger partial charge on any atom is -0.465 e. The van der Waals surface area contributed by atoms with Gasteiger partial charge in [-0.15, -0.1) is 0 Å². The van der Waals surface area contributed by atoms with Crippen LogP contribution >= 0.6 is 0 Å². The van der Waals surface area contributed by atoms with E-state index in [1.807, 2.05) is 6.07 Å². The average Bonchev–Trinajstić information content (AvgIpc) is 2.63. The maximum atomic E-state index is 14.3. The fourth-order valence-electron chi connectivity index (χ4n) is 2.93. The van der Waals surface area contributed by atoms with Crippen molar-refractivity contribution >= 4 is 17.0 Å². The van der Waals surface area contributed by atoms with Crippen LogP contribution in [0.25, 0.3) is 16.6 Å². The largest absolute Gasteiger partial charge is 0.465 e. The Balaban J connectivity index is 2.43. The van der Waals surface area contributed by atoms with E-state index in [1.54, 1.807) is 25.1 Å². The standard InChI is InChI=1S/C19H15FN4O3/c1-10-6-7-14(20)16-15(10)18(25)24(13-5-3-4-12(8-13)9-21)17(23-16)11(2)22-19(26)27/h3-8,11,22H,1-2H3,(H,26,27). The summed E-state index contributed by atoms with van der Waals surface area (Å²) >= 11 is 0. The van der Waals surface area contributed by atoms with Gasteiger partial charge in [-0.1, -0.05) is 12.1 Å². The Morgan fingerprint density at radius 2 is 2.11 bits per heavy atom. The van der Waals surface area contributed by atoms with Crippen molar-refractivity contribution in [3.63, 3.8) is 0 Å². The van der Waals surface area contributed by atoms with Crippen molar-refractivity contribution in [1.29, 1.82) is 5.26 Å². The predicted octanol–water partition coefficient (Wildman–Crippen LogP) is 3.03. The van der Waals surface area contributed by atoms with Gasteiger partial charge in [0.15, 0.2) is 0 Å². The number of aryl methyl sites for hydroxylation is 1. The molecule has 0 aliphatic carbocycles. The van der Waals surface area contributed by atoms with E-state index in [4.69, 9.17) is 10.4 Å². The van der Waals surface area contributed by atoms with Crippen LogP contribution in [-0.4, -0.2) is 20.8 Å². The lowest BCUT2D eigenvalue weighted by molar-refractivity contribution is 0.190. The van der Waals surface area contributed by atoms with Crippen LogP contribution in [0.15, 0.2) is 41.2 Å². The third-order valence-electron chi connectivity index (χ3n) is 4.17. The Morgan fingerprint density at radius 3 is 2.78 bits per heavy atom. The molecule has 136 valence electrons. The predicted molar refractivity (Wildman–Crippen MR) is 96.3 cm³/mol. The molecule has 3 rings (SSSR count). The van der Waals surface area contributed by atoms with E-state index in [0.29, 0.717) is 16.8 Å². The summed E-state index contributed by atoms with van der Waals surface area (Å²) in [7, 11) is 0. The molecular weight excluding hydrogens is 351 g/mol. The van der Waals surface area contributed by atoms with Crippen LogP contribution in [0, 0.1) is 24.1 Å². The molecule has 1 unspecified atom stereocenters. The molecule has 1 atom stereocenters. The zero-order chi connectivity index (χ0) is 19.7. The molecule has 1 amide bonds. The van der Waals surface area contributed by atoms with Crippen molar-refractivity contribution in [2.75, 3.05) is 0 Å². The monoisotopic (exact) mass is 366 g/mol. The molecule has 0 radical (unpaired) electrons. The van der Waals surface area contributed by atoms with Gasteiger partial charge in [-0.25, -0.2) is 14.2 Å². The van der Waals surface area contributed by atoms with Gasteiger partial charge in [0.05, 0.1) is 28.7 Å². The summed E-state index contributed by atoms with van der Waals surface area (Å²) in [4.78, 5) is 28.5. The molecule has 0 bridgehead atoms. The van der Waals surface area contributed by atoms with Gasteiger partial charge in [-0.05, 0) is 43.7 Å². The molecule has 0 aliphatic rings. The summed E-state index contributed by atoms with van der Waals surface area (Å²) in [6, 6.07) is 10.0. The van der Waals surface area contributed by atoms with Crippen molar-refractivity contribution in [2.24, 2.45) is 0 Å². The second kappa shape index (κ2) is 6.88. The number of fused-ring (bicyclic) bond motifs is 1. The van der Waals surface area contributed by atoms with E-state index >= 15 is 0 Å². The molecule has 0 aliphatic heterocycles. The number of benzene rings is 2. The maximum absolute atomic E-state index is 14.3. The number of carbonyl (C=O) groups is 1. The molecule has 0 saturated carbocycles. The molecule has 8 heteroatoms. The van der Waals surface area contributed by atoms with Gasteiger partial charge < -0.3 is 10.4 Å². The smallest absolute Gasteiger partial charge is 0.405 e. The molecule has 27 heavy (non-hydrogen) atoms. The Bertz CT molecular complexity index is 1160. The molecule has 0 fully saturated rings. The van der Waals surface area contributed by atoms with Crippen molar-refractivity contribution in [1.82, 2.24) is 14.9 Å². The third-order valence-corrected chi connectivity index (χ3v) is 4.17. The van der Waals surface area contributed by atoms with Crippen molar-refractivity contribution < 1.29 is 14.3 Å². The third kappa shape index (κ3) is 3.22. The number of aromatic nitrogens is 2. The molecule has 3 aromatic rings. The molecule has 1 aromatic heterocycles. The summed E-state index contributed by atoms with van der Waals surface area (Å²) < 4.78 is 15.5. The number of halogens is 1. The molecule has 7 nitrogen and oxygen atoms in total. The van der Waals surface area contributed by atoms with Crippen LogP contribution in [0.1, 0.15) is 29.9 Å². The van der Waals surface area contributed by atoms with Crippen LogP contribution in [0.5, 0.6) is 0 Å². The number of nitrogens with one attached hydrogen (secondary N) is 1. The number of amides is 1. The van der Waals surface area contributed by atoms with Crippen LogP contribution in [0.3, 0.4) is 0 Å². The number of nitrogens with zero attached hydrogens (tertiary/aromatic N) is 3. The van der Waals surface area contributed by atoms with E-state index in [9.17, 15) is 14.0 Å². The first-order valence-electron chi connectivity index (χ1n) is 8.05. The molecular formula is C19H15FN4O3. The molecule has 0 spiro atoms. The Hall–Kier alpha value is -3.73. The quantitative estimate of drug-likeness (QED) is 0.741. The van der Waals surface area contributed by atoms with E-state index in [-0.39, 0.29) is 16.7 Å². The zero-order valence-corrected chi connectivity index (χ0v) is 14.5. The van der Waals surface area contributed by atoms with Crippen molar-refractivity contribution in [3.05, 3.63) is 69.5 Å². The average molecular weight is 366 g/mol. The van der Waals surface area contributed by atoms with Gasteiger partial charge in [0, 0.05) is 0 Å². The number of carboxylic acid groups (broad SMARTS) is 1. The van der Waals surface area contributed by atoms with E-state index in [1.165, 1.54) is 29.7 Å². The maximum Gasteiger partial charge on any atom is 0.405 e. The van der Waals surface area contributed by atoms with Gasteiger partial charge >= 0.3 is 6.09 Å². The van der Waals surface area contributed by atoms with Crippen molar-refractivity contribution in [2.45, 2.75) is 19.9 Å². The number of rotatable bonds is 3. The lowest BCUT2D eigenvalue weighted by Gasteiger charge is -2.19. The highest BCUT2D eigenvalue weighted by atomic mass is 19.1. The van der Waals surface area contributed by atoms with Gasteiger partial charge in [0.25, 0.3) is 5.56 Å². The second-order valence-corrected chi connectivity index (χ2v) is 6.03. The number of nitriles is 1. The van der Waals surface area contributed by atoms with Crippen LogP contribution in [0.2, 0.25) is 0 Å². The van der Waals surface area contributed by atoms with E-state index < -0.39 is 23.5 Å². The summed E-state index contributed by atoms with van der Waals surface area (Å²) in [5, 5.41) is 20.5. The summed E-state index contributed by atoms with van der Waals surface area (Å²) in [6.45, 7) is 3.17. The molecule has 2 N–H and O–H groups in total. The normalized spacial score (nSPS) is 11.8. The molecule has 0 saturated heterocycles. The second-order valence-electron chi connectivity index (χ2n) is 6.03. The first-order valence-corrected chi connectivity index (χ1v) is 8.05. The lowest BCUT2D eigenvalue weighted by atomic mass is 10.1.